The largest absolute Gasteiger partial charge is 0.339 e. The molecule has 2 N–H and O–H groups in total. The first-order valence-corrected chi connectivity index (χ1v) is 12.0. The molecule has 1 heterocycles. The molecule has 2 aromatic rings. The molecular formula is C20H25ClN4O2S2. The van der Waals surface area contributed by atoms with E-state index in [-0.39, 0.29) is 16.6 Å². The van der Waals surface area contributed by atoms with Gasteiger partial charge in [0.2, 0.25) is 5.91 Å². The molecule has 0 unspecified atom stereocenters. The van der Waals surface area contributed by atoms with Gasteiger partial charge in [-0.15, -0.1) is 0 Å². The molecule has 0 fully saturated rings. The van der Waals surface area contributed by atoms with Crippen LogP contribution in [0, 0.1) is 6.92 Å². The Bertz CT molecular complexity index is 851. The van der Waals surface area contributed by atoms with E-state index in [0.717, 1.165) is 23.5 Å². The normalized spacial score (nSPS) is 11.7. The minimum absolute atomic E-state index is 0.0813. The number of nitrogens with zero attached hydrogens (tertiary/aromatic N) is 2. The molecule has 0 radical (unpaired) electrons. The van der Waals surface area contributed by atoms with Crippen molar-refractivity contribution in [2.75, 3.05) is 23.1 Å². The van der Waals surface area contributed by atoms with Crippen LogP contribution in [0.1, 0.15) is 35.8 Å². The third kappa shape index (κ3) is 7.53. The van der Waals surface area contributed by atoms with Crippen molar-refractivity contribution in [2.45, 2.75) is 37.9 Å². The van der Waals surface area contributed by atoms with E-state index >= 15 is 0 Å². The number of rotatable bonds is 10. The first-order valence-electron chi connectivity index (χ1n) is 9.27. The van der Waals surface area contributed by atoms with Crippen LogP contribution in [0.5, 0.6) is 0 Å². The van der Waals surface area contributed by atoms with Crippen molar-refractivity contribution in [3.05, 3.63) is 46.7 Å². The maximum absolute atomic E-state index is 12.8. The minimum Gasteiger partial charge on any atom is -0.339 e. The highest BCUT2D eigenvalue weighted by Gasteiger charge is 2.24. The van der Waals surface area contributed by atoms with E-state index in [1.54, 1.807) is 11.8 Å². The van der Waals surface area contributed by atoms with Crippen LogP contribution in [-0.4, -0.2) is 45.6 Å². The van der Waals surface area contributed by atoms with Crippen LogP contribution in [-0.2, 0) is 4.79 Å². The molecule has 0 saturated carbocycles. The van der Waals surface area contributed by atoms with Gasteiger partial charge in [-0.05, 0) is 49.5 Å². The van der Waals surface area contributed by atoms with Crippen LogP contribution >= 0.6 is 35.1 Å². The van der Waals surface area contributed by atoms with E-state index < -0.39 is 11.9 Å². The van der Waals surface area contributed by atoms with Gasteiger partial charge in [-0.25, -0.2) is 9.97 Å². The van der Waals surface area contributed by atoms with Crippen molar-refractivity contribution in [2.24, 2.45) is 0 Å². The molecule has 2 rings (SSSR count). The van der Waals surface area contributed by atoms with Gasteiger partial charge in [0, 0.05) is 11.4 Å². The van der Waals surface area contributed by atoms with Gasteiger partial charge in [0.1, 0.15) is 6.04 Å². The average Bonchev–Trinajstić information content (AvgIpc) is 2.70. The lowest BCUT2D eigenvalue weighted by Gasteiger charge is -2.18. The number of thioether (sulfide) groups is 2. The van der Waals surface area contributed by atoms with Crippen molar-refractivity contribution >= 4 is 52.6 Å². The van der Waals surface area contributed by atoms with Crippen molar-refractivity contribution < 1.29 is 9.59 Å². The molecule has 9 heteroatoms. The fourth-order valence-electron chi connectivity index (χ4n) is 2.46. The molecule has 0 aliphatic rings. The van der Waals surface area contributed by atoms with Gasteiger partial charge in [-0.1, -0.05) is 42.4 Å². The molecule has 0 aliphatic heterocycles. The first-order chi connectivity index (χ1) is 13.9. The Balaban J connectivity index is 2.14. The number of halogens is 1. The summed E-state index contributed by atoms with van der Waals surface area (Å²) in [6.45, 7) is 4.01. The van der Waals surface area contributed by atoms with Gasteiger partial charge < -0.3 is 10.6 Å². The van der Waals surface area contributed by atoms with Crippen molar-refractivity contribution in [1.82, 2.24) is 15.3 Å². The second-order valence-corrected chi connectivity index (χ2v) is 8.82. The zero-order valence-electron chi connectivity index (χ0n) is 16.7. The van der Waals surface area contributed by atoms with E-state index in [9.17, 15) is 9.59 Å². The molecule has 2 amide bonds. The maximum atomic E-state index is 12.8. The van der Waals surface area contributed by atoms with Crippen LogP contribution in [0.3, 0.4) is 0 Å². The molecule has 1 atom stereocenters. The molecule has 0 bridgehead atoms. The number of aromatic nitrogens is 2. The summed E-state index contributed by atoms with van der Waals surface area (Å²) >= 11 is 9.21. The molecule has 1 aromatic heterocycles. The number of amides is 2. The maximum Gasteiger partial charge on any atom is 0.272 e. The highest BCUT2D eigenvalue weighted by atomic mass is 35.5. The summed E-state index contributed by atoms with van der Waals surface area (Å²) in [5.41, 5.74) is 1.81. The highest BCUT2D eigenvalue weighted by molar-refractivity contribution is 7.99. The van der Waals surface area contributed by atoms with Gasteiger partial charge >= 0.3 is 0 Å². The fraction of sp³-hybridized carbons (Fsp3) is 0.400. The number of carbonyl (C=O) groups is 2. The van der Waals surface area contributed by atoms with Gasteiger partial charge in [0.15, 0.2) is 10.9 Å². The Morgan fingerprint density at radius 1 is 1.28 bits per heavy atom. The van der Waals surface area contributed by atoms with Crippen LogP contribution in [0.15, 0.2) is 35.6 Å². The van der Waals surface area contributed by atoms with E-state index in [0.29, 0.717) is 17.3 Å². The van der Waals surface area contributed by atoms with Gasteiger partial charge in [0.05, 0.1) is 11.2 Å². The lowest BCUT2D eigenvalue weighted by Crippen LogP contribution is -2.44. The van der Waals surface area contributed by atoms with E-state index in [1.807, 2.05) is 37.4 Å². The molecule has 0 aliphatic carbocycles. The van der Waals surface area contributed by atoms with E-state index in [4.69, 9.17) is 11.6 Å². The van der Waals surface area contributed by atoms with Gasteiger partial charge in [-0.2, -0.15) is 11.8 Å². The Labute approximate surface area is 185 Å². The number of aryl methyl sites for hydroxylation is 1. The summed E-state index contributed by atoms with van der Waals surface area (Å²) in [4.78, 5) is 34.0. The SMILES string of the molecule is CCCSc1ncc(Cl)c(C(=O)N[C@@H](CCSC)C(=O)Nc2cccc(C)c2)n1. The van der Waals surface area contributed by atoms with Crippen LogP contribution in [0.4, 0.5) is 5.69 Å². The summed E-state index contributed by atoms with van der Waals surface area (Å²) < 4.78 is 0. The van der Waals surface area contributed by atoms with Gasteiger partial charge in [-0.3, -0.25) is 9.59 Å². The van der Waals surface area contributed by atoms with E-state index in [1.165, 1.54) is 18.0 Å². The Kier molecular flexibility index (Phi) is 9.76. The monoisotopic (exact) mass is 452 g/mol. The summed E-state index contributed by atoms with van der Waals surface area (Å²) in [5, 5.41) is 6.30. The second-order valence-electron chi connectivity index (χ2n) is 6.36. The fourth-order valence-corrected chi connectivity index (χ4v) is 3.77. The summed E-state index contributed by atoms with van der Waals surface area (Å²) in [6, 6.07) is 6.82. The summed E-state index contributed by atoms with van der Waals surface area (Å²) in [7, 11) is 0. The molecular weight excluding hydrogens is 428 g/mol. The third-order valence-corrected chi connectivity index (χ3v) is 5.88. The van der Waals surface area contributed by atoms with Crippen molar-refractivity contribution in [3.63, 3.8) is 0 Å². The Morgan fingerprint density at radius 2 is 2.07 bits per heavy atom. The number of hydrogen-bond donors (Lipinski definition) is 2. The molecule has 0 saturated heterocycles. The highest BCUT2D eigenvalue weighted by Crippen LogP contribution is 2.19. The number of anilines is 1. The summed E-state index contributed by atoms with van der Waals surface area (Å²) in [6.07, 6.45) is 4.83. The third-order valence-electron chi connectivity index (χ3n) is 3.89. The van der Waals surface area contributed by atoms with Gasteiger partial charge in [0.25, 0.3) is 5.91 Å². The number of hydrogen-bond acceptors (Lipinski definition) is 6. The van der Waals surface area contributed by atoms with Crippen LogP contribution in [0.25, 0.3) is 0 Å². The Morgan fingerprint density at radius 3 is 2.76 bits per heavy atom. The minimum atomic E-state index is -0.701. The smallest absolute Gasteiger partial charge is 0.272 e. The molecule has 29 heavy (non-hydrogen) atoms. The zero-order chi connectivity index (χ0) is 21.2. The summed E-state index contributed by atoms with van der Waals surface area (Å²) in [5.74, 6) is 0.809. The van der Waals surface area contributed by atoms with Crippen LogP contribution in [0.2, 0.25) is 5.02 Å². The number of benzene rings is 1. The molecule has 6 nitrogen and oxygen atoms in total. The lowest BCUT2D eigenvalue weighted by atomic mass is 10.1. The lowest BCUT2D eigenvalue weighted by molar-refractivity contribution is -0.118. The molecule has 0 spiro atoms. The second kappa shape index (κ2) is 12.0. The average molecular weight is 453 g/mol. The van der Waals surface area contributed by atoms with Crippen molar-refractivity contribution in [1.29, 1.82) is 0 Å². The number of carbonyl (C=O) groups excluding carboxylic acids is 2. The van der Waals surface area contributed by atoms with E-state index in [2.05, 4.69) is 27.5 Å². The molecule has 156 valence electrons. The zero-order valence-corrected chi connectivity index (χ0v) is 19.1. The van der Waals surface area contributed by atoms with Crippen molar-refractivity contribution in [3.8, 4) is 0 Å². The predicted octanol–water partition coefficient (Wildman–Crippen LogP) is 4.43. The molecule has 1 aromatic carbocycles. The topological polar surface area (TPSA) is 84.0 Å². The van der Waals surface area contributed by atoms with Crippen LogP contribution < -0.4 is 10.6 Å². The predicted molar refractivity (Wildman–Crippen MR) is 122 cm³/mol. The number of nitrogens with one attached hydrogen (secondary N) is 2. The quantitative estimate of drug-likeness (QED) is 0.409. The first kappa shape index (κ1) is 23.5. The standard InChI is InChI=1S/C20H25ClN4O2S2/c1-4-9-29-20-22-12-15(21)17(25-20)19(27)24-16(8-10-28-3)18(26)23-14-7-5-6-13(2)11-14/h5-7,11-12,16H,4,8-10H2,1-3H3,(H,23,26)(H,24,27)/t16-/m0/s1. The Hall–Kier alpha value is -1.77.